The highest BCUT2D eigenvalue weighted by Gasteiger charge is 2.71. The second kappa shape index (κ2) is 14.6. The molecule has 0 radical (unpaired) electrons. The van der Waals surface area contributed by atoms with Crippen molar-refractivity contribution < 1.29 is 37.0 Å². The maximum Gasteiger partial charge on any atom is 0.516 e. The van der Waals surface area contributed by atoms with E-state index in [0.717, 1.165) is 64.5 Å². The minimum Gasteiger partial charge on any atom is -0.465 e. The monoisotopic (exact) mass is 780 g/mol. The average molecular weight is 781 g/mol. The first-order valence-corrected chi connectivity index (χ1v) is 22.7. The van der Waals surface area contributed by atoms with Crippen LogP contribution in [-0.4, -0.2) is 88.4 Å². The normalized spacial score (nSPS) is 39.0. The molecule has 9 atom stereocenters. The molecule has 4 saturated carbocycles. The van der Waals surface area contributed by atoms with Gasteiger partial charge in [-0.15, -0.1) is 0 Å². The van der Waals surface area contributed by atoms with Crippen molar-refractivity contribution >= 4 is 33.5 Å². The van der Waals surface area contributed by atoms with Gasteiger partial charge in [-0.2, -0.15) is 0 Å². The molecule has 0 aromatic heterocycles. The molecule has 0 amide bonds. The Kier molecular flexibility index (Phi) is 10.7. The smallest absolute Gasteiger partial charge is 0.465 e. The van der Waals surface area contributed by atoms with E-state index in [4.69, 9.17) is 14.2 Å². The third-order valence-corrected chi connectivity index (χ3v) is 18.3. The lowest BCUT2D eigenvalue weighted by molar-refractivity contribution is -0.221. The van der Waals surface area contributed by atoms with Crippen molar-refractivity contribution in [2.24, 2.45) is 51.2 Å². The molecule has 1 aliphatic heterocycles. The van der Waals surface area contributed by atoms with Crippen molar-refractivity contribution in [3.05, 3.63) is 41.5 Å². The largest absolute Gasteiger partial charge is 0.516 e. The van der Waals surface area contributed by atoms with E-state index >= 15 is 0 Å². The van der Waals surface area contributed by atoms with Crippen LogP contribution in [0.5, 0.6) is 0 Å². The molecule has 1 saturated heterocycles. The second-order valence-electron chi connectivity index (χ2n) is 19.1. The number of hydrogen-bond acceptors (Lipinski definition) is 10. The third-order valence-electron chi connectivity index (χ3n) is 16.7. The van der Waals surface area contributed by atoms with Crippen LogP contribution >= 0.6 is 0 Å². The molecule has 304 valence electrons. The van der Waals surface area contributed by atoms with E-state index < -0.39 is 27.9 Å². The number of carbonyl (C=O) groups is 3. The number of sulfone groups is 1. The molecule has 5 aliphatic carbocycles. The number of hydrogen-bond donors (Lipinski definition) is 1. The predicted molar refractivity (Wildman–Crippen MR) is 212 cm³/mol. The van der Waals surface area contributed by atoms with Crippen LogP contribution in [0.3, 0.4) is 0 Å². The van der Waals surface area contributed by atoms with Crippen LogP contribution in [0.15, 0.2) is 30.3 Å². The van der Waals surface area contributed by atoms with Crippen LogP contribution in [0.1, 0.15) is 115 Å². The van der Waals surface area contributed by atoms with E-state index in [9.17, 15) is 22.8 Å². The van der Waals surface area contributed by atoms with Gasteiger partial charge in [-0.3, -0.25) is 4.79 Å². The third kappa shape index (κ3) is 6.69. The van der Waals surface area contributed by atoms with E-state index in [2.05, 4.69) is 63.0 Å². The number of allylic oxidation sites excluding steroid dienone is 2. The lowest BCUT2D eigenvalue weighted by Gasteiger charge is -2.72. The average Bonchev–Trinajstić information content (AvgIpc) is 3.52. The quantitative estimate of drug-likeness (QED) is 0.212. The van der Waals surface area contributed by atoms with Gasteiger partial charge >= 0.3 is 18.1 Å². The molecule has 55 heavy (non-hydrogen) atoms. The summed E-state index contributed by atoms with van der Waals surface area (Å²) in [6.07, 6.45) is 10.6. The van der Waals surface area contributed by atoms with Gasteiger partial charge in [0.1, 0.15) is 0 Å². The van der Waals surface area contributed by atoms with E-state index in [-0.39, 0.29) is 63.1 Å². The Hall–Kier alpha value is -2.76. The number of esters is 2. The molecule has 1 heterocycles. The van der Waals surface area contributed by atoms with Crippen molar-refractivity contribution in [3.8, 4) is 0 Å². The first-order chi connectivity index (χ1) is 25.9. The molecular formula is C44H64N2O8S. The molecule has 7 rings (SSSR count). The molecule has 6 aliphatic rings. The first-order valence-electron chi connectivity index (χ1n) is 20.9. The van der Waals surface area contributed by atoms with Gasteiger partial charge in [0.2, 0.25) is 0 Å². The maximum atomic E-state index is 13.9. The number of fused-ring (bicyclic) bond motifs is 7. The highest BCUT2D eigenvalue weighted by atomic mass is 32.2. The van der Waals surface area contributed by atoms with Gasteiger partial charge in [-0.05, 0) is 133 Å². The number of benzene rings is 1. The molecule has 11 heteroatoms. The lowest BCUT2D eigenvalue weighted by Crippen LogP contribution is -2.68. The zero-order valence-corrected chi connectivity index (χ0v) is 35.0. The minimum atomic E-state index is -2.95. The number of carbonyl (C=O) groups excluding carboxylic acids is 3. The second-order valence-corrected chi connectivity index (χ2v) is 21.4. The van der Waals surface area contributed by atoms with Crippen molar-refractivity contribution in [1.82, 2.24) is 10.2 Å². The number of methoxy groups -OCH3 is 1. The van der Waals surface area contributed by atoms with Crippen LogP contribution in [0.2, 0.25) is 0 Å². The molecule has 1 aromatic rings. The molecule has 0 unspecified atom stereocenters. The predicted octanol–water partition coefficient (Wildman–Crippen LogP) is 7.32. The Labute approximate surface area is 328 Å². The van der Waals surface area contributed by atoms with Gasteiger partial charge in [0, 0.05) is 31.7 Å². The number of nitrogens with zero attached hydrogens (tertiary/aromatic N) is 1. The van der Waals surface area contributed by atoms with E-state index in [1.54, 1.807) is 6.92 Å². The van der Waals surface area contributed by atoms with Crippen LogP contribution in [0.4, 0.5) is 4.79 Å². The molecule has 0 bridgehead atoms. The molecular weight excluding hydrogens is 717 g/mol. The fourth-order valence-corrected chi connectivity index (χ4v) is 15.2. The summed E-state index contributed by atoms with van der Waals surface area (Å²) in [5.74, 6) is 0.577. The van der Waals surface area contributed by atoms with Crippen molar-refractivity contribution in [2.45, 2.75) is 105 Å². The van der Waals surface area contributed by atoms with Crippen LogP contribution in [0.25, 0.3) is 5.57 Å². The van der Waals surface area contributed by atoms with Crippen molar-refractivity contribution in [1.29, 1.82) is 0 Å². The summed E-state index contributed by atoms with van der Waals surface area (Å²) in [7, 11) is -1.54. The van der Waals surface area contributed by atoms with E-state index in [0.29, 0.717) is 36.9 Å². The Balaban J connectivity index is 1.16. The van der Waals surface area contributed by atoms with Gasteiger partial charge in [-0.1, -0.05) is 52.8 Å². The lowest BCUT2D eigenvalue weighted by atomic mass is 9.33. The topological polar surface area (TPSA) is 128 Å². The summed E-state index contributed by atoms with van der Waals surface area (Å²) in [5.41, 5.74) is 2.95. The molecule has 1 N–H and O–H groups in total. The molecule has 0 spiro atoms. The maximum absolute atomic E-state index is 13.9. The van der Waals surface area contributed by atoms with Gasteiger partial charge < -0.3 is 24.4 Å². The number of nitrogens with one attached hydrogen (secondary N) is 1. The summed E-state index contributed by atoms with van der Waals surface area (Å²) in [6, 6.07) is 7.91. The summed E-state index contributed by atoms with van der Waals surface area (Å²) in [5, 5.41) is 4.01. The van der Waals surface area contributed by atoms with Crippen molar-refractivity contribution in [3.63, 3.8) is 0 Å². The van der Waals surface area contributed by atoms with Gasteiger partial charge in [-0.25, -0.2) is 18.0 Å². The van der Waals surface area contributed by atoms with E-state index in [1.807, 2.05) is 12.1 Å². The Morgan fingerprint density at radius 3 is 2.25 bits per heavy atom. The van der Waals surface area contributed by atoms with Gasteiger partial charge in [0.05, 0.1) is 36.7 Å². The molecule has 5 fully saturated rings. The fourth-order valence-electron chi connectivity index (χ4n) is 13.9. The fraction of sp³-hybridized carbons (Fsp3) is 0.750. The summed E-state index contributed by atoms with van der Waals surface area (Å²) in [6.45, 7) is 17.0. The zero-order chi connectivity index (χ0) is 39.6. The van der Waals surface area contributed by atoms with Crippen LogP contribution in [-0.2, 0) is 28.8 Å². The minimum absolute atomic E-state index is 0.00831. The Bertz CT molecular complexity index is 1790. The van der Waals surface area contributed by atoms with Crippen molar-refractivity contribution in [2.75, 3.05) is 51.4 Å². The Morgan fingerprint density at radius 1 is 0.873 bits per heavy atom. The van der Waals surface area contributed by atoms with Gasteiger partial charge in [0.25, 0.3) is 0 Å². The summed E-state index contributed by atoms with van der Waals surface area (Å²) in [4.78, 5) is 40.8. The highest BCUT2D eigenvalue weighted by Crippen LogP contribution is 2.76. The van der Waals surface area contributed by atoms with Crippen LogP contribution < -0.4 is 5.32 Å². The summed E-state index contributed by atoms with van der Waals surface area (Å²) < 4.78 is 39.6. The molecule has 1 aromatic carbocycles. The van der Waals surface area contributed by atoms with Gasteiger partial charge in [0.15, 0.2) is 9.84 Å². The number of ether oxygens (including phenoxy) is 3. The molecule has 10 nitrogen and oxygen atoms in total. The SMILES string of the molecule is CCOC(=O)OC(=O)[C@@H]1CC[C@]2(NCCN3CCS(=O)(=O)CC3)CC[C@]3(C)[C@H](CC[C@@H]4[C@@]5(C)CC=C(c6ccc(C(=O)OC)cc6)C(C)(C)[C@@H]5CC[C@]43C)[C@@H]12. The standard InChI is InChI=1S/C44H64N2O8S/c1-8-53-39(49)54-38(48)31-15-20-44(45-23-24-46-25-27-55(50,51)28-26-46)22-21-42(5)33(36(31)44)13-14-35-41(4)18-16-32(29-9-11-30(12-10-29)37(47)52-7)40(2,3)34(41)17-19-43(35,42)6/h9-12,16,31,33-36,45H,8,13-15,17-28H2,1-7H3/t31-,33-,34+,35-,36-,41+,42-,43-,44+/m1/s1. The van der Waals surface area contributed by atoms with Crippen LogP contribution in [0, 0.1) is 51.2 Å². The van der Waals surface area contributed by atoms with E-state index in [1.165, 1.54) is 18.2 Å². The summed E-state index contributed by atoms with van der Waals surface area (Å²) >= 11 is 0. The Morgan fingerprint density at radius 2 is 1.58 bits per heavy atom. The number of rotatable bonds is 8. The highest BCUT2D eigenvalue weighted by molar-refractivity contribution is 7.91. The zero-order valence-electron chi connectivity index (χ0n) is 34.2. The first kappa shape index (κ1) is 40.4.